The van der Waals surface area contributed by atoms with Crippen LogP contribution >= 0.6 is 0 Å². The van der Waals surface area contributed by atoms with E-state index in [4.69, 9.17) is 0 Å². The van der Waals surface area contributed by atoms with Gasteiger partial charge in [-0.25, -0.2) is 9.55 Å². The number of aryl methyl sites for hydroxylation is 2. The Morgan fingerprint density at radius 2 is 2.00 bits per heavy atom. The second-order valence-corrected chi connectivity index (χ2v) is 4.11. The number of nitrogens with one attached hydrogen (secondary N) is 1. The fraction of sp³-hybridized carbons (Fsp3) is 0.154. The van der Waals surface area contributed by atoms with Gasteiger partial charge in [0, 0.05) is 5.69 Å². The molecule has 84 valence electrons. The molecule has 3 aromatic heterocycles. The monoisotopic (exact) mass is 225 g/mol. The number of nitrogens with zero attached hydrogens (tertiary/aromatic N) is 3. The van der Waals surface area contributed by atoms with Crippen molar-refractivity contribution in [2.45, 2.75) is 6.92 Å². The molecule has 0 aliphatic heterocycles. The van der Waals surface area contributed by atoms with Crippen molar-refractivity contribution in [2.75, 3.05) is 0 Å². The number of hydrogen-bond acceptors (Lipinski definition) is 2. The number of pyridine rings is 2. The lowest BCUT2D eigenvalue weighted by Crippen LogP contribution is -2.28. The molecule has 4 heteroatoms. The topological polar surface area (TPSA) is 45.5 Å². The number of hydrogen-bond donors (Lipinski definition) is 1. The number of rotatable bonds is 1. The molecular formula is C13H13N4+. The summed E-state index contributed by atoms with van der Waals surface area (Å²) in [6, 6.07) is 9.94. The summed E-state index contributed by atoms with van der Waals surface area (Å²) < 4.78 is 1.99. The van der Waals surface area contributed by atoms with Crippen molar-refractivity contribution >= 4 is 11.2 Å². The first-order valence-electron chi connectivity index (χ1n) is 5.52. The Balaban J connectivity index is 2.22. The number of aromatic amines is 1. The van der Waals surface area contributed by atoms with Crippen molar-refractivity contribution in [1.82, 2.24) is 15.0 Å². The highest BCUT2D eigenvalue weighted by atomic mass is 15.1. The third-order valence-electron chi connectivity index (χ3n) is 2.75. The quantitative estimate of drug-likeness (QED) is 0.641. The SMILES string of the molecule is Cc1cccc(-c2nc3c(ccc[n+]3C)[nH]2)n1. The van der Waals surface area contributed by atoms with Crippen LogP contribution in [-0.4, -0.2) is 15.0 Å². The second-order valence-electron chi connectivity index (χ2n) is 4.11. The molecule has 0 spiro atoms. The molecule has 17 heavy (non-hydrogen) atoms. The molecular weight excluding hydrogens is 212 g/mol. The lowest BCUT2D eigenvalue weighted by Gasteiger charge is -1.93. The van der Waals surface area contributed by atoms with E-state index in [2.05, 4.69) is 15.0 Å². The summed E-state index contributed by atoms with van der Waals surface area (Å²) in [7, 11) is 1.98. The van der Waals surface area contributed by atoms with E-state index in [-0.39, 0.29) is 0 Å². The lowest BCUT2D eigenvalue weighted by atomic mass is 10.3. The van der Waals surface area contributed by atoms with Crippen molar-refractivity contribution in [1.29, 1.82) is 0 Å². The zero-order valence-corrected chi connectivity index (χ0v) is 9.81. The maximum absolute atomic E-state index is 4.57. The van der Waals surface area contributed by atoms with E-state index in [1.54, 1.807) is 0 Å². The first kappa shape index (κ1) is 9.96. The molecule has 0 saturated carbocycles. The van der Waals surface area contributed by atoms with Crippen molar-refractivity contribution in [2.24, 2.45) is 7.05 Å². The average Bonchev–Trinajstić information content (AvgIpc) is 2.74. The van der Waals surface area contributed by atoms with Gasteiger partial charge < -0.3 is 4.98 Å². The van der Waals surface area contributed by atoms with Crippen molar-refractivity contribution in [3.05, 3.63) is 42.2 Å². The summed E-state index contributed by atoms with van der Waals surface area (Å²) in [5.74, 6) is 0.811. The van der Waals surface area contributed by atoms with E-state index in [0.717, 1.165) is 28.4 Å². The van der Waals surface area contributed by atoms with Crippen molar-refractivity contribution in [3.63, 3.8) is 0 Å². The Hall–Kier alpha value is -2.23. The molecule has 0 saturated heterocycles. The average molecular weight is 225 g/mol. The highest BCUT2D eigenvalue weighted by Crippen LogP contribution is 2.16. The Morgan fingerprint density at radius 3 is 2.76 bits per heavy atom. The van der Waals surface area contributed by atoms with Gasteiger partial charge in [-0.05, 0) is 36.2 Å². The van der Waals surface area contributed by atoms with Gasteiger partial charge in [0.05, 0.1) is 13.2 Å². The van der Waals surface area contributed by atoms with Crippen LogP contribution in [0.25, 0.3) is 22.7 Å². The van der Waals surface area contributed by atoms with Crippen molar-refractivity contribution in [3.8, 4) is 11.5 Å². The van der Waals surface area contributed by atoms with Crippen LogP contribution in [-0.2, 0) is 7.05 Å². The van der Waals surface area contributed by atoms with Crippen LogP contribution in [0, 0.1) is 6.92 Å². The van der Waals surface area contributed by atoms with E-state index in [0.29, 0.717) is 0 Å². The Kier molecular flexibility index (Phi) is 2.14. The van der Waals surface area contributed by atoms with Gasteiger partial charge in [0.1, 0.15) is 11.2 Å². The van der Waals surface area contributed by atoms with E-state index in [1.807, 2.05) is 55.1 Å². The number of aromatic nitrogens is 4. The fourth-order valence-electron chi connectivity index (χ4n) is 1.90. The molecule has 3 rings (SSSR count). The molecule has 4 nitrogen and oxygen atoms in total. The van der Waals surface area contributed by atoms with Gasteiger partial charge in [-0.2, -0.15) is 0 Å². The lowest BCUT2D eigenvalue weighted by molar-refractivity contribution is -0.646. The third-order valence-corrected chi connectivity index (χ3v) is 2.75. The van der Waals surface area contributed by atoms with Gasteiger partial charge >= 0.3 is 5.65 Å². The van der Waals surface area contributed by atoms with Crippen LogP contribution < -0.4 is 4.57 Å². The molecule has 0 bridgehead atoms. The maximum atomic E-state index is 4.57. The molecule has 0 aromatic carbocycles. The van der Waals surface area contributed by atoms with Crippen LogP contribution in [0.15, 0.2) is 36.5 Å². The Labute approximate surface area is 99.0 Å². The maximum Gasteiger partial charge on any atom is 0.349 e. The van der Waals surface area contributed by atoms with Crippen LogP contribution in [0.2, 0.25) is 0 Å². The van der Waals surface area contributed by atoms with Crippen LogP contribution in [0.4, 0.5) is 0 Å². The van der Waals surface area contributed by atoms with Gasteiger partial charge in [-0.3, -0.25) is 0 Å². The zero-order chi connectivity index (χ0) is 11.8. The highest BCUT2D eigenvalue weighted by Gasteiger charge is 2.16. The van der Waals surface area contributed by atoms with E-state index >= 15 is 0 Å². The van der Waals surface area contributed by atoms with Gasteiger partial charge in [0.15, 0.2) is 0 Å². The van der Waals surface area contributed by atoms with Crippen LogP contribution in [0.1, 0.15) is 5.69 Å². The molecule has 0 radical (unpaired) electrons. The summed E-state index contributed by atoms with van der Waals surface area (Å²) in [6.45, 7) is 1.98. The molecule has 0 aliphatic rings. The Bertz CT molecular complexity index is 685. The third kappa shape index (κ3) is 1.67. The summed E-state index contributed by atoms with van der Waals surface area (Å²) >= 11 is 0. The van der Waals surface area contributed by atoms with Gasteiger partial charge in [-0.15, -0.1) is 0 Å². The standard InChI is InChI=1S/C13H12N4/c1-9-5-3-6-10(14-9)12-15-11-7-4-8-17(2)13(11)16-12/h3-8H,1-2H3/p+1. The predicted molar refractivity (Wildman–Crippen MR) is 65.2 cm³/mol. The van der Waals surface area contributed by atoms with Gasteiger partial charge in [0.2, 0.25) is 0 Å². The number of fused-ring (bicyclic) bond motifs is 1. The molecule has 3 aromatic rings. The van der Waals surface area contributed by atoms with Crippen LogP contribution in [0.3, 0.4) is 0 Å². The molecule has 0 unspecified atom stereocenters. The fourth-order valence-corrected chi connectivity index (χ4v) is 1.90. The zero-order valence-electron chi connectivity index (χ0n) is 9.81. The first-order valence-corrected chi connectivity index (χ1v) is 5.52. The number of H-pyrrole nitrogens is 1. The molecule has 0 atom stereocenters. The molecule has 0 amide bonds. The minimum Gasteiger partial charge on any atom is -0.310 e. The highest BCUT2D eigenvalue weighted by molar-refractivity contribution is 5.72. The van der Waals surface area contributed by atoms with Crippen LogP contribution in [0.5, 0.6) is 0 Å². The summed E-state index contributed by atoms with van der Waals surface area (Å²) in [4.78, 5) is 12.3. The molecule has 3 heterocycles. The second kappa shape index (κ2) is 3.66. The molecule has 1 N–H and O–H groups in total. The summed E-state index contributed by atoms with van der Waals surface area (Å²) in [6.07, 6.45) is 1.98. The largest absolute Gasteiger partial charge is 0.349 e. The van der Waals surface area contributed by atoms with Gasteiger partial charge in [0.25, 0.3) is 5.82 Å². The van der Waals surface area contributed by atoms with E-state index in [1.165, 1.54) is 0 Å². The molecule has 0 fully saturated rings. The van der Waals surface area contributed by atoms with E-state index < -0.39 is 0 Å². The minimum absolute atomic E-state index is 0.811. The van der Waals surface area contributed by atoms with Gasteiger partial charge in [-0.1, -0.05) is 6.07 Å². The van der Waals surface area contributed by atoms with E-state index in [9.17, 15) is 0 Å². The first-order chi connectivity index (χ1) is 8.24. The normalized spacial score (nSPS) is 10.9. The molecule has 0 aliphatic carbocycles. The smallest absolute Gasteiger partial charge is 0.310 e. The number of imidazole rings is 1. The predicted octanol–water partition coefficient (Wildman–Crippen LogP) is 1.76. The summed E-state index contributed by atoms with van der Waals surface area (Å²) in [5.41, 5.74) is 3.83. The Morgan fingerprint density at radius 1 is 1.12 bits per heavy atom. The minimum atomic E-state index is 0.811. The van der Waals surface area contributed by atoms with Crippen molar-refractivity contribution < 1.29 is 4.57 Å². The summed E-state index contributed by atoms with van der Waals surface area (Å²) in [5, 5.41) is 0.